The van der Waals surface area contributed by atoms with Crippen molar-refractivity contribution in [3.8, 4) is 0 Å². The van der Waals surface area contributed by atoms with E-state index in [1.807, 2.05) is 6.92 Å². The van der Waals surface area contributed by atoms with Crippen LogP contribution in [0.1, 0.15) is 167 Å². The van der Waals surface area contributed by atoms with Crippen LogP contribution < -0.4 is 43.0 Å². The third kappa shape index (κ3) is 33.6. The number of rotatable bonds is 45. The van der Waals surface area contributed by atoms with Gasteiger partial charge in [0.15, 0.2) is 12.6 Å². The molecule has 100 heavy (non-hydrogen) atoms. The Labute approximate surface area is 583 Å². The highest BCUT2D eigenvalue weighted by Crippen LogP contribution is 2.61. The molecule has 2 heterocycles. The average molecular weight is 1470 g/mol. The molecule has 0 aromatic carbocycles. The average Bonchev–Trinajstić information content (AvgIpc) is 0.768. The fourth-order valence-corrected chi connectivity index (χ4v) is 12.2. The van der Waals surface area contributed by atoms with Gasteiger partial charge in [-0.3, -0.25) is 47.8 Å². The zero-order valence-corrected chi connectivity index (χ0v) is 60.8. The van der Waals surface area contributed by atoms with Gasteiger partial charge >= 0.3 is 27.6 Å². The summed E-state index contributed by atoms with van der Waals surface area (Å²) in [4.78, 5) is 137. The number of carboxylic acids is 2. The van der Waals surface area contributed by atoms with Crippen LogP contribution in [-0.2, 0) is 84.6 Å². The normalized spacial score (nSPS) is 24.6. The van der Waals surface area contributed by atoms with Crippen LogP contribution in [0.15, 0.2) is 58.9 Å². The third-order valence-electron chi connectivity index (χ3n) is 15.9. The van der Waals surface area contributed by atoms with Gasteiger partial charge in [0.1, 0.15) is 85.0 Å². The third-order valence-corrected chi connectivity index (χ3v) is 18.4. The summed E-state index contributed by atoms with van der Waals surface area (Å²) in [5.74, 6) is -9.86. The van der Waals surface area contributed by atoms with E-state index in [1.54, 1.807) is 6.92 Å². The van der Waals surface area contributed by atoms with E-state index in [-0.39, 0.29) is 18.9 Å². The van der Waals surface area contributed by atoms with E-state index >= 15 is 0 Å². The van der Waals surface area contributed by atoms with Crippen LogP contribution in [0.4, 0.5) is 0 Å². The van der Waals surface area contributed by atoms with Crippen LogP contribution in [0.3, 0.4) is 0 Å². The van der Waals surface area contributed by atoms with Gasteiger partial charge < -0.3 is 102 Å². The van der Waals surface area contributed by atoms with Gasteiger partial charge in [-0.2, -0.15) is 4.31 Å². The molecular weight excluding hydrogens is 1360 g/mol. The molecule has 19 atom stereocenters. The maximum absolute atomic E-state index is 14.0. The summed E-state index contributed by atoms with van der Waals surface area (Å²) in [5, 5.41) is 78.2. The lowest BCUT2D eigenvalue weighted by Gasteiger charge is -2.49. The number of allylic oxidation sites excluding steroid dienone is 9. The van der Waals surface area contributed by atoms with Crippen molar-refractivity contribution in [2.24, 2.45) is 11.7 Å². The summed E-state index contributed by atoms with van der Waals surface area (Å²) in [6.45, 7) is 17.0. The van der Waals surface area contributed by atoms with Crippen molar-refractivity contribution in [2.45, 2.75) is 264 Å². The number of aliphatic hydroxyl groups excluding tert-OH is 4. The second kappa shape index (κ2) is 44.9. The Balaban J connectivity index is 2.36. The molecular formula is C64H108N8O26P2. The SMILES string of the molecule is CC(=O)N[C@H]1[C@H](O[C@H]2[C@H](O[C@H](C)C(=O)N[C@@H](C)C(=O)N[C@H](CCC(=O)N[C@@H](CCCCN)C(=O)N[C@H](C)C(=O)N[C@H](C)C(=O)O)C(=O)O)[C@@H](NC(C)=O)[C@@H](OP(=O)(O)OP(=O)(O)O/C=C/C(C)CC/C=C(\C)CC/C=C(\C)CC/C=C(\C)CCC=C(C)C)O[C@@H]2CO)O[C@H](CO)[C@@H](O)[C@@H]1O. The number of phosphoric ester groups is 2. The number of ether oxygens (including phenoxy) is 4. The number of carbonyl (C=O) groups is 9. The lowest BCUT2D eigenvalue weighted by Crippen LogP contribution is -2.70. The maximum Gasteiger partial charge on any atom is 0.535 e. The first-order chi connectivity index (χ1) is 46.7. The Morgan fingerprint density at radius 3 is 1.60 bits per heavy atom. The number of hydrogen-bond acceptors (Lipinski definition) is 23. The molecule has 0 saturated carbocycles. The standard InChI is InChI=1S/C64H108N8O26P2/c1-35(2)19-15-20-36(3)21-16-22-37(4)23-17-24-38(5)25-18-26-39(6)30-32-92-99(88,89)98-100(90,91)97-64-52(70-45(12)76)56(55(49(34-74)95-64)96-63-51(69-44(11)75)54(79)53(78)48(33-73)94-63)93-43(10)59(82)66-41(8)58(81)72-47(62(86)87)28-29-50(77)71-46(27-13-14-31-65)60(83)67-40(7)57(80)68-42(9)61(84)85/h19,21,23,25,30,32,39-43,46-49,51-56,63-64,73-74,78-79H,13-18,20,22,24,26-29,31,33-34,65H2,1-12H3,(H,66,82)(H,67,83)(H,68,80)(H,69,75)(H,70,76)(H,71,77)(H,72,81)(H,84,85)(H,86,87)(H,88,89)(H,90,91)/b32-30+,36-21+,37-23+,38-25+/t39?,40-,41+,42-,43-,46+,47-,48-,49-,51-,52-,53-,54-,55-,56-,63+,64-/m1/s1. The molecule has 0 aliphatic carbocycles. The molecule has 0 bridgehead atoms. The van der Waals surface area contributed by atoms with Crippen LogP contribution in [0, 0.1) is 5.92 Å². The fraction of sp³-hybridized carbons (Fsp3) is 0.703. The molecule has 0 aromatic rings. The van der Waals surface area contributed by atoms with E-state index in [9.17, 15) is 87.6 Å². The number of amides is 7. The molecule has 0 radical (unpaired) electrons. The Morgan fingerprint density at radius 1 is 0.550 bits per heavy atom. The molecule has 0 spiro atoms. The van der Waals surface area contributed by atoms with Crippen molar-refractivity contribution in [1.82, 2.24) is 37.2 Å². The highest BCUT2D eigenvalue weighted by molar-refractivity contribution is 7.61. The van der Waals surface area contributed by atoms with Crippen LogP contribution in [0.2, 0.25) is 0 Å². The summed E-state index contributed by atoms with van der Waals surface area (Å²) < 4.78 is 65.6. The van der Waals surface area contributed by atoms with E-state index in [2.05, 4.69) is 93.5 Å². The topological polar surface area (TPSA) is 524 Å². The molecule has 2 aliphatic heterocycles. The van der Waals surface area contributed by atoms with Crippen LogP contribution in [0.5, 0.6) is 0 Å². The molecule has 17 N–H and O–H groups in total. The van der Waals surface area contributed by atoms with Gasteiger partial charge in [0.05, 0.1) is 19.5 Å². The van der Waals surface area contributed by atoms with E-state index in [4.69, 9.17) is 38.8 Å². The first-order valence-electron chi connectivity index (χ1n) is 33.2. The molecule has 2 rings (SSSR count). The van der Waals surface area contributed by atoms with Crippen molar-refractivity contribution in [3.63, 3.8) is 0 Å². The molecule has 570 valence electrons. The molecule has 36 heteroatoms. The van der Waals surface area contributed by atoms with Crippen LogP contribution >= 0.6 is 15.6 Å². The summed E-state index contributed by atoms with van der Waals surface area (Å²) in [7, 11) is -11.5. The first kappa shape index (κ1) is 89.8. The number of nitrogens with one attached hydrogen (secondary N) is 7. The number of aliphatic hydroxyl groups is 4. The Bertz CT molecular complexity index is 2960. The van der Waals surface area contributed by atoms with Crippen LogP contribution in [0.25, 0.3) is 0 Å². The van der Waals surface area contributed by atoms with Crippen molar-refractivity contribution in [2.75, 3.05) is 19.8 Å². The minimum Gasteiger partial charge on any atom is -0.480 e. The monoisotopic (exact) mass is 1470 g/mol. The number of hydrogen-bond donors (Lipinski definition) is 16. The van der Waals surface area contributed by atoms with Gasteiger partial charge in [-0.15, -0.1) is 0 Å². The van der Waals surface area contributed by atoms with Gasteiger partial charge in [0.25, 0.3) is 0 Å². The summed E-state index contributed by atoms with van der Waals surface area (Å²) >= 11 is 0. The smallest absolute Gasteiger partial charge is 0.480 e. The summed E-state index contributed by atoms with van der Waals surface area (Å²) in [5.41, 5.74) is 10.8. The second-order valence-corrected chi connectivity index (χ2v) is 28.2. The summed E-state index contributed by atoms with van der Waals surface area (Å²) in [6.07, 6.45) is 0.170. The van der Waals surface area contributed by atoms with Crippen LogP contribution in [-0.4, -0.2) is 211 Å². The highest BCUT2D eigenvalue weighted by Gasteiger charge is 2.55. The number of nitrogens with two attached hydrogens (primary N) is 1. The molecule has 2 saturated heterocycles. The molecule has 2 fully saturated rings. The molecule has 7 amide bonds. The number of carboxylic acid groups (broad SMARTS) is 2. The Kier molecular flexibility index (Phi) is 40.3. The Hall–Kier alpha value is -6.33. The van der Waals surface area contributed by atoms with Crippen molar-refractivity contribution in [1.29, 1.82) is 0 Å². The molecule has 34 nitrogen and oxygen atoms in total. The van der Waals surface area contributed by atoms with E-state index in [1.165, 1.54) is 42.2 Å². The Morgan fingerprint density at radius 2 is 1.07 bits per heavy atom. The summed E-state index contributed by atoms with van der Waals surface area (Å²) in [6, 6.07) is -11.0. The molecule has 0 aromatic heterocycles. The van der Waals surface area contributed by atoms with Gasteiger partial charge in [0, 0.05) is 20.3 Å². The van der Waals surface area contributed by atoms with E-state index in [0.29, 0.717) is 25.7 Å². The minimum absolute atomic E-state index is 0.0193. The second-order valence-electron chi connectivity index (χ2n) is 25.3. The first-order valence-corrected chi connectivity index (χ1v) is 36.2. The van der Waals surface area contributed by atoms with E-state index in [0.717, 1.165) is 72.5 Å². The number of unbranched alkanes of at least 4 members (excludes halogenated alkanes) is 1. The van der Waals surface area contributed by atoms with E-state index < -0.39 is 193 Å². The number of carbonyl (C=O) groups excluding carboxylic acids is 7. The minimum atomic E-state index is -5.94. The van der Waals surface area contributed by atoms with Crippen molar-refractivity contribution >= 4 is 68.9 Å². The zero-order valence-electron chi connectivity index (χ0n) is 59.0. The number of phosphoric acid groups is 2. The van der Waals surface area contributed by atoms with Gasteiger partial charge in [-0.1, -0.05) is 53.5 Å². The lowest BCUT2D eigenvalue weighted by atomic mass is 9.94. The van der Waals surface area contributed by atoms with Gasteiger partial charge in [-0.25, -0.2) is 13.9 Å². The van der Waals surface area contributed by atoms with Gasteiger partial charge in [-0.05, 0) is 158 Å². The number of aliphatic carboxylic acids is 2. The molecule has 2 aliphatic rings. The largest absolute Gasteiger partial charge is 0.535 e. The predicted octanol–water partition coefficient (Wildman–Crippen LogP) is 2.20. The van der Waals surface area contributed by atoms with Crippen molar-refractivity contribution in [3.05, 3.63) is 58.9 Å². The highest BCUT2D eigenvalue weighted by atomic mass is 31.3. The van der Waals surface area contributed by atoms with Gasteiger partial charge in [0.2, 0.25) is 41.4 Å². The predicted molar refractivity (Wildman–Crippen MR) is 361 cm³/mol. The quantitative estimate of drug-likeness (QED) is 0.0180. The van der Waals surface area contributed by atoms with Crippen molar-refractivity contribution < 1.29 is 125 Å². The zero-order chi connectivity index (χ0) is 75.8. The maximum atomic E-state index is 14.0. The fourth-order valence-electron chi connectivity index (χ4n) is 10.1. The molecule has 3 unspecified atom stereocenters. The lowest BCUT2D eigenvalue weighted by molar-refractivity contribution is -0.331.